The van der Waals surface area contributed by atoms with Crippen molar-refractivity contribution in [1.29, 1.82) is 0 Å². The SMILES string of the molecule is Cc1nc(CC2CC2)sc1C(=O)N1CC(C)OC2(CCOC2C)C1. The molecule has 0 aromatic carbocycles. The third-order valence-corrected chi connectivity index (χ3v) is 6.66. The molecule has 132 valence electrons. The summed E-state index contributed by atoms with van der Waals surface area (Å²) in [7, 11) is 0. The summed E-state index contributed by atoms with van der Waals surface area (Å²) in [6.07, 6.45) is 4.57. The van der Waals surface area contributed by atoms with Crippen LogP contribution in [0.4, 0.5) is 0 Å². The molecular formula is C18H26N2O3S. The molecule has 0 radical (unpaired) electrons. The lowest BCUT2D eigenvalue weighted by atomic mass is 9.93. The molecule has 3 fully saturated rings. The molecule has 1 aliphatic carbocycles. The normalized spacial score (nSPS) is 33.4. The van der Waals surface area contributed by atoms with Gasteiger partial charge in [-0.15, -0.1) is 11.3 Å². The van der Waals surface area contributed by atoms with Crippen LogP contribution in [0, 0.1) is 12.8 Å². The van der Waals surface area contributed by atoms with Gasteiger partial charge >= 0.3 is 0 Å². The lowest BCUT2D eigenvalue weighted by Gasteiger charge is -2.45. The zero-order valence-corrected chi connectivity index (χ0v) is 15.5. The van der Waals surface area contributed by atoms with Gasteiger partial charge in [-0.25, -0.2) is 4.98 Å². The topological polar surface area (TPSA) is 51.7 Å². The fourth-order valence-corrected chi connectivity index (χ4v) is 5.05. The van der Waals surface area contributed by atoms with Crippen molar-refractivity contribution >= 4 is 17.2 Å². The van der Waals surface area contributed by atoms with Gasteiger partial charge in [0.1, 0.15) is 10.5 Å². The molecule has 3 unspecified atom stereocenters. The zero-order chi connectivity index (χ0) is 16.9. The Labute approximate surface area is 147 Å². The third kappa shape index (κ3) is 3.00. The number of nitrogens with zero attached hydrogens (tertiary/aromatic N) is 2. The van der Waals surface area contributed by atoms with Gasteiger partial charge in [0, 0.05) is 26.0 Å². The Bertz CT molecular complexity index is 642. The van der Waals surface area contributed by atoms with Gasteiger partial charge in [0.15, 0.2) is 0 Å². The lowest BCUT2D eigenvalue weighted by Crippen LogP contribution is -2.59. The number of amides is 1. The van der Waals surface area contributed by atoms with Gasteiger partial charge in [0.2, 0.25) is 0 Å². The summed E-state index contributed by atoms with van der Waals surface area (Å²) in [6.45, 7) is 8.03. The fourth-order valence-electron chi connectivity index (χ4n) is 3.90. The van der Waals surface area contributed by atoms with Gasteiger partial charge in [0.05, 0.1) is 29.5 Å². The van der Waals surface area contributed by atoms with Gasteiger partial charge in [-0.05, 0) is 39.5 Å². The fraction of sp³-hybridized carbons (Fsp3) is 0.778. The van der Waals surface area contributed by atoms with Gasteiger partial charge in [-0.3, -0.25) is 4.79 Å². The van der Waals surface area contributed by atoms with Gasteiger partial charge in [-0.2, -0.15) is 0 Å². The Morgan fingerprint density at radius 1 is 1.42 bits per heavy atom. The molecule has 3 heterocycles. The molecular weight excluding hydrogens is 324 g/mol. The van der Waals surface area contributed by atoms with E-state index in [0.29, 0.717) is 19.7 Å². The Kier molecular flexibility index (Phi) is 4.17. The van der Waals surface area contributed by atoms with E-state index in [1.165, 1.54) is 12.8 Å². The molecule has 1 aromatic rings. The second-order valence-corrected chi connectivity index (χ2v) is 8.70. The highest BCUT2D eigenvalue weighted by molar-refractivity contribution is 7.13. The Morgan fingerprint density at radius 3 is 2.88 bits per heavy atom. The van der Waals surface area contributed by atoms with E-state index in [1.54, 1.807) is 11.3 Å². The minimum atomic E-state index is -0.344. The minimum absolute atomic E-state index is 0.0311. The number of thiazole rings is 1. The maximum absolute atomic E-state index is 13.1. The summed E-state index contributed by atoms with van der Waals surface area (Å²) in [5.74, 6) is 0.905. The van der Waals surface area contributed by atoms with Gasteiger partial charge in [-0.1, -0.05) is 0 Å². The minimum Gasteiger partial charge on any atom is -0.375 e. The summed E-state index contributed by atoms with van der Waals surface area (Å²) in [4.78, 5) is 20.5. The van der Waals surface area contributed by atoms with Crippen LogP contribution in [0.2, 0.25) is 0 Å². The number of aryl methyl sites for hydroxylation is 1. The second-order valence-electron chi connectivity index (χ2n) is 7.61. The van der Waals surface area contributed by atoms with E-state index in [0.717, 1.165) is 34.3 Å². The van der Waals surface area contributed by atoms with Crippen LogP contribution in [0.5, 0.6) is 0 Å². The molecule has 1 spiro atoms. The molecule has 0 bridgehead atoms. The van der Waals surface area contributed by atoms with Crippen molar-refractivity contribution in [2.45, 2.75) is 64.3 Å². The molecule has 3 aliphatic rings. The van der Waals surface area contributed by atoms with E-state index in [4.69, 9.17) is 9.47 Å². The first-order chi connectivity index (χ1) is 11.5. The summed E-state index contributed by atoms with van der Waals surface area (Å²) >= 11 is 1.59. The van der Waals surface area contributed by atoms with Crippen LogP contribution in [0.25, 0.3) is 0 Å². The van der Waals surface area contributed by atoms with Crippen LogP contribution in [0.3, 0.4) is 0 Å². The Hall–Kier alpha value is -0.980. The molecule has 5 nitrogen and oxygen atoms in total. The molecule has 2 aliphatic heterocycles. The first-order valence-corrected chi connectivity index (χ1v) is 9.83. The maximum atomic E-state index is 13.1. The molecule has 6 heteroatoms. The predicted molar refractivity (Wildman–Crippen MR) is 92.5 cm³/mol. The lowest BCUT2D eigenvalue weighted by molar-refractivity contribution is -0.160. The number of rotatable bonds is 3. The van der Waals surface area contributed by atoms with E-state index in [-0.39, 0.29) is 23.7 Å². The number of carbonyl (C=O) groups is 1. The second kappa shape index (κ2) is 6.07. The number of aromatic nitrogens is 1. The summed E-state index contributed by atoms with van der Waals surface area (Å²) in [6, 6.07) is 0. The number of hydrogen-bond donors (Lipinski definition) is 0. The van der Waals surface area contributed by atoms with Crippen LogP contribution < -0.4 is 0 Å². The van der Waals surface area contributed by atoms with Gasteiger partial charge in [0.25, 0.3) is 5.91 Å². The summed E-state index contributed by atoms with van der Waals surface area (Å²) < 4.78 is 12.0. The zero-order valence-electron chi connectivity index (χ0n) is 14.7. The highest BCUT2D eigenvalue weighted by Crippen LogP contribution is 2.37. The van der Waals surface area contributed by atoms with Crippen molar-refractivity contribution in [3.63, 3.8) is 0 Å². The smallest absolute Gasteiger partial charge is 0.266 e. The maximum Gasteiger partial charge on any atom is 0.266 e. The molecule has 1 saturated carbocycles. The van der Waals surface area contributed by atoms with Crippen molar-refractivity contribution in [1.82, 2.24) is 9.88 Å². The summed E-state index contributed by atoms with van der Waals surface area (Å²) in [5.41, 5.74) is 0.535. The molecule has 24 heavy (non-hydrogen) atoms. The predicted octanol–water partition coefficient (Wildman–Crippen LogP) is 2.81. The largest absolute Gasteiger partial charge is 0.375 e. The van der Waals surface area contributed by atoms with Crippen molar-refractivity contribution in [2.75, 3.05) is 19.7 Å². The van der Waals surface area contributed by atoms with Gasteiger partial charge < -0.3 is 14.4 Å². The van der Waals surface area contributed by atoms with Crippen LogP contribution in [-0.2, 0) is 15.9 Å². The van der Waals surface area contributed by atoms with Crippen molar-refractivity contribution in [2.24, 2.45) is 5.92 Å². The van der Waals surface area contributed by atoms with Crippen LogP contribution in [0.15, 0.2) is 0 Å². The van der Waals surface area contributed by atoms with E-state index in [9.17, 15) is 4.79 Å². The number of hydrogen-bond acceptors (Lipinski definition) is 5. The van der Waals surface area contributed by atoms with Crippen LogP contribution >= 0.6 is 11.3 Å². The van der Waals surface area contributed by atoms with E-state index < -0.39 is 0 Å². The van der Waals surface area contributed by atoms with Crippen molar-refractivity contribution in [3.8, 4) is 0 Å². The summed E-state index contributed by atoms with van der Waals surface area (Å²) in [5, 5.41) is 1.12. The number of morpholine rings is 1. The average Bonchev–Trinajstić information content (AvgIpc) is 3.18. The van der Waals surface area contributed by atoms with E-state index in [2.05, 4.69) is 11.9 Å². The monoisotopic (exact) mass is 350 g/mol. The molecule has 0 N–H and O–H groups in total. The first kappa shape index (κ1) is 16.5. The molecule has 3 atom stereocenters. The molecule has 1 aromatic heterocycles. The standard InChI is InChI=1S/C18H26N2O3S/c1-11-9-20(10-18(23-11)6-7-22-13(18)3)17(21)16-12(2)19-15(24-16)8-14-4-5-14/h11,13-14H,4-10H2,1-3H3. The average molecular weight is 350 g/mol. The van der Waals surface area contributed by atoms with Crippen LogP contribution in [0.1, 0.15) is 53.5 Å². The van der Waals surface area contributed by atoms with Crippen LogP contribution in [-0.4, -0.2) is 53.3 Å². The quantitative estimate of drug-likeness (QED) is 0.841. The van der Waals surface area contributed by atoms with Crippen molar-refractivity contribution in [3.05, 3.63) is 15.6 Å². The Morgan fingerprint density at radius 2 is 2.21 bits per heavy atom. The first-order valence-electron chi connectivity index (χ1n) is 9.02. The number of carbonyl (C=O) groups excluding carboxylic acids is 1. The molecule has 1 amide bonds. The molecule has 2 saturated heterocycles. The van der Waals surface area contributed by atoms with E-state index in [1.807, 2.05) is 18.7 Å². The Balaban J connectivity index is 1.53. The number of ether oxygens (including phenoxy) is 2. The third-order valence-electron chi connectivity index (χ3n) is 5.49. The van der Waals surface area contributed by atoms with Crippen molar-refractivity contribution < 1.29 is 14.3 Å². The molecule has 4 rings (SSSR count). The highest BCUT2D eigenvalue weighted by Gasteiger charge is 2.49. The highest BCUT2D eigenvalue weighted by atomic mass is 32.1. The van der Waals surface area contributed by atoms with E-state index >= 15 is 0 Å².